The number of nitrogens with zero attached hydrogens (tertiary/aromatic N) is 1. The molecule has 1 atom stereocenters. The Kier molecular flexibility index (Phi) is 5.50. The predicted molar refractivity (Wildman–Crippen MR) is 70.3 cm³/mol. The van der Waals surface area contributed by atoms with Crippen molar-refractivity contribution in [2.45, 2.75) is 12.2 Å². The molecule has 8 heteroatoms. The fourth-order valence-corrected chi connectivity index (χ4v) is 2.29. The van der Waals surface area contributed by atoms with E-state index in [1.54, 1.807) is 0 Å². The van der Waals surface area contributed by atoms with Gasteiger partial charge in [0.05, 0.1) is 0 Å². The third kappa shape index (κ3) is 3.47. The fourth-order valence-electron chi connectivity index (χ4n) is 2.29. The molecule has 1 fully saturated rings. The average Bonchev–Trinajstić information content (AvgIpc) is 2.35. The molecule has 0 bridgehead atoms. The third-order valence-electron chi connectivity index (χ3n) is 3.17. The minimum absolute atomic E-state index is 0. The lowest BCUT2D eigenvalue weighted by molar-refractivity contribution is -0.188. The number of rotatable bonds is 2. The van der Waals surface area contributed by atoms with Crippen molar-refractivity contribution in [2.24, 2.45) is 0 Å². The van der Waals surface area contributed by atoms with Crippen molar-refractivity contribution in [3.05, 3.63) is 23.8 Å². The maximum absolute atomic E-state index is 13.2. The Morgan fingerprint density at radius 2 is 1.75 bits per heavy atom. The van der Waals surface area contributed by atoms with Crippen LogP contribution >= 0.6 is 12.4 Å². The van der Waals surface area contributed by atoms with Crippen LogP contribution in [0.5, 0.6) is 11.5 Å². The van der Waals surface area contributed by atoms with Crippen LogP contribution in [0.2, 0.25) is 0 Å². The van der Waals surface area contributed by atoms with Crippen molar-refractivity contribution in [3.8, 4) is 11.5 Å². The molecule has 0 amide bonds. The van der Waals surface area contributed by atoms with E-state index in [1.807, 2.05) is 0 Å². The van der Waals surface area contributed by atoms with Crippen LogP contribution in [-0.4, -0.2) is 47.5 Å². The number of halogens is 4. The molecular weight excluding hydrogens is 297 g/mol. The highest BCUT2D eigenvalue weighted by molar-refractivity contribution is 5.85. The summed E-state index contributed by atoms with van der Waals surface area (Å²) < 4.78 is 39.7. The summed E-state index contributed by atoms with van der Waals surface area (Å²) in [4.78, 5) is 1.25. The van der Waals surface area contributed by atoms with Crippen LogP contribution in [0.15, 0.2) is 18.2 Å². The number of nitrogens with one attached hydrogen (secondary N) is 1. The lowest BCUT2D eigenvalue weighted by atomic mass is 10.0. The van der Waals surface area contributed by atoms with Gasteiger partial charge in [0.2, 0.25) is 0 Å². The first-order valence-corrected chi connectivity index (χ1v) is 5.93. The monoisotopic (exact) mass is 312 g/mol. The van der Waals surface area contributed by atoms with Crippen LogP contribution in [0.3, 0.4) is 0 Å². The molecule has 1 aromatic carbocycles. The molecule has 20 heavy (non-hydrogen) atoms. The molecule has 2 rings (SSSR count). The van der Waals surface area contributed by atoms with Gasteiger partial charge in [0.1, 0.15) is 6.04 Å². The van der Waals surface area contributed by atoms with Crippen molar-refractivity contribution < 1.29 is 23.4 Å². The van der Waals surface area contributed by atoms with Crippen LogP contribution in [0.1, 0.15) is 11.6 Å². The van der Waals surface area contributed by atoms with Gasteiger partial charge in [0, 0.05) is 31.7 Å². The van der Waals surface area contributed by atoms with Crippen molar-refractivity contribution >= 4 is 12.4 Å². The average molecular weight is 313 g/mol. The van der Waals surface area contributed by atoms with Crippen molar-refractivity contribution in [3.63, 3.8) is 0 Å². The molecule has 3 N–H and O–H groups in total. The summed E-state index contributed by atoms with van der Waals surface area (Å²) in [5.74, 6) is -1.25. The van der Waals surface area contributed by atoms with E-state index in [0.717, 1.165) is 6.07 Å². The van der Waals surface area contributed by atoms with Crippen LogP contribution < -0.4 is 5.32 Å². The van der Waals surface area contributed by atoms with E-state index < -0.39 is 23.7 Å². The molecular formula is C12H16ClF3N2O2. The second kappa shape index (κ2) is 6.51. The predicted octanol–water partition coefficient (Wildman–Crippen LogP) is 2.03. The van der Waals surface area contributed by atoms with Crippen molar-refractivity contribution in [2.75, 3.05) is 26.2 Å². The second-order valence-electron chi connectivity index (χ2n) is 4.45. The fraction of sp³-hybridized carbons (Fsp3) is 0.500. The maximum Gasteiger partial charge on any atom is 0.408 e. The highest BCUT2D eigenvalue weighted by atomic mass is 35.5. The molecule has 114 valence electrons. The van der Waals surface area contributed by atoms with Gasteiger partial charge in [0.15, 0.2) is 11.5 Å². The first kappa shape index (κ1) is 16.9. The van der Waals surface area contributed by atoms with Gasteiger partial charge in [-0.05, 0) is 6.07 Å². The SMILES string of the molecule is Cl.Oc1cccc([C@@H](N2CCNCC2)C(F)(F)F)c1O. The molecule has 1 aromatic rings. The number of aromatic hydroxyl groups is 2. The highest BCUT2D eigenvalue weighted by Crippen LogP contribution is 2.43. The quantitative estimate of drug-likeness (QED) is 0.732. The van der Waals surface area contributed by atoms with Crippen molar-refractivity contribution in [1.82, 2.24) is 10.2 Å². The Balaban J connectivity index is 0.00000200. The summed E-state index contributed by atoms with van der Waals surface area (Å²) in [6.07, 6.45) is -4.51. The Labute approximate surface area is 120 Å². The van der Waals surface area contributed by atoms with Gasteiger partial charge >= 0.3 is 6.18 Å². The highest BCUT2D eigenvalue weighted by Gasteiger charge is 2.46. The molecule has 1 aliphatic rings. The summed E-state index contributed by atoms with van der Waals surface area (Å²) in [6, 6.07) is 1.74. The van der Waals surface area contributed by atoms with Gasteiger partial charge < -0.3 is 15.5 Å². The van der Waals surface area contributed by atoms with E-state index in [2.05, 4.69) is 5.32 Å². The minimum atomic E-state index is -4.51. The lowest BCUT2D eigenvalue weighted by Crippen LogP contribution is -2.49. The lowest BCUT2D eigenvalue weighted by Gasteiger charge is -2.36. The molecule has 4 nitrogen and oxygen atoms in total. The Morgan fingerprint density at radius 1 is 1.15 bits per heavy atom. The topological polar surface area (TPSA) is 55.7 Å². The minimum Gasteiger partial charge on any atom is -0.504 e. The number of phenolic OH excluding ortho intramolecular Hbond substituents is 2. The molecule has 0 aromatic heterocycles. The summed E-state index contributed by atoms with van der Waals surface area (Å²) in [6.45, 7) is 1.40. The van der Waals surface area contributed by atoms with E-state index in [4.69, 9.17) is 0 Å². The van der Waals surface area contributed by atoms with Crippen LogP contribution in [-0.2, 0) is 0 Å². The molecule has 0 radical (unpaired) electrons. The molecule has 1 saturated heterocycles. The number of para-hydroxylation sites is 1. The summed E-state index contributed by atoms with van der Waals surface area (Å²) in [5.41, 5.74) is -0.311. The molecule has 0 aliphatic carbocycles. The molecule has 0 spiro atoms. The number of piperazine rings is 1. The van der Waals surface area contributed by atoms with Crippen LogP contribution in [0.4, 0.5) is 13.2 Å². The van der Waals surface area contributed by atoms with Gasteiger partial charge in [-0.15, -0.1) is 12.4 Å². The standard InChI is InChI=1S/C12H15F3N2O2.ClH/c13-12(14,15)11(17-6-4-16-5-7-17)8-2-1-3-9(18)10(8)19;/h1-3,11,16,18-19H,4-7H2;1H/t11-;/m1./s1. The maximum atomic E-state index is 13.2. The number of hydrogen-bond acceptors (Lipinski definition) is 4. The smallest absolute Gasteiger partial charge is 0.408 e. The van der Waals surface area contributed by atoms with E-state index in [-0.39, 0.29) is 31.1 Å². The summed E-state index contributed by atoms with van der Waals surface area (Å²) in [5, 5.41) is 22.0. The summed E-state index contributed by atoms with van der Waals surface area (Å²) in [7, 11) is 0. The van der Waals surface area contributed by atoms with Crippen LogP contribution in [0, 0.1) is 0 Å². The van der Waals surface area contributed by atoms with Gasteiger partial charge in [-0.1, -0.05) is 12.1 Å². The Hall–Kier alpha value is -1.18. The third-order valence-corrected chi connectivity index (χ3v) is 3.17. The van der Waals surface area contributed by atoms with Crippen LogP contribution in [0.25, 0.3) is 0 Å². The van der Waals surface area contributed by atoms with Crippen molar-refractivity contribution in [1.29, 1.82) is 0 Å². The van der Waals surface area contributed by atoms with Gasteiger partial charge in [-0.3, -0.25) is 4.90 Å². The van der Waals surface area contributed by atoms with E-state index in [1.165, 1.54) is 17.0 Å². The van der Waals surface area contributed by atoms with Gasteiger partial charge in [0.25, 0.3) is 0 Å². The second-order valence-corrected chi connectivity index (χ2v) is 4.45. The zero-order valence-corrected chi connectivity index (χ0v) is 11.3. The number of benzene rings is 1. The van der Waals surface area contributed by atoms with Gasteiger partial charge in [-0.25, -0.2) is 0 Å². The first-order chi connectivity index (χ1) is 8.91. The number of phenols is 2. The van der Waals surface area contributed by atoms with Gasteiger partial charge in [-0.2, -0.15) is 13.2 Å². The van der Waals surface area contributed by atoms with E-state index in [9.17, 15) is 23.4 Å². The van der Waals surface area contributed by atoms with E-state index >= 15 is 0 Å². The molecule has 1 aliphatic heterocycles. The number of hydrogen-bond donors (Lipinski definition) is 3. The van der Waals surface area contributed by atoms with E-state index in [0.29, 0.717) is 13.1 Å². The first-order valence-electron chi connectivity index (χ1n) is 5.93. The Bertz CT molecular complexity index is 451. The Morgan fingerprint density at radius 3 is 2.30 bits per heavy atom. The normalized spacial score (nSPS) is 18.4. The zero-order chi connectivity index (χ0) is 14.0. The molecule has 1 heterocycles. The zero-order valence-electron chi connectivity index (χ0n) is 10.5. The molecule has 0 saturated carbocycles. The number of alkyl halides is 3. The summed E-state index contributed by atoms with van der Waals surface area (Å²) >= 11 is 0. The largest absolute Gasteiger partial charge is 0.504 e. The molecule has 0 unspecified atom stereocenters.